The van der Waals surface area contributed by atoms with Crippen LogP contribution in [-0.2, 0) is 6.54 Å². The molecule has 6 nitrogen and oxygen atoms in total. The molecule has 1 N–H and O–H groups in total. The Morgan fingerprint density at radius 2 is 1.77 bits per heavy atom. The maximum Gasteiger partial charge on any atom is 0.338 e. The van der Waals surface area contributed by atoms with E-state index >= 15 is 0 Å². The predicted molar refractivity (Wildman–Crippen MR) is 100 cm³/mol. The molecular weight excluding hydrogens is 332 g/mol. The van der Waals surface area contributed by atoms with E-state index in [0.29, 0.717) is 23.2 Å². The van der Waals surface area contributed by atoms with Crippen LogP contribution in [0.4, 0.5) is 11.4 Å². The van der Waals surface area contributed by atoms with Crippen molar-refractivity contribution in [3.63, 3.8) is 0 Å². The molecule has 1 heterocycles. The minimum absolute atomic E-state index is 0.0560. The predicted octanol–water partition coefficient (Wildman–Crippen LogP) is 4.47. The summed E-state index contributed by atoms with van der Waals surface area (Å²) in [4.78, 5) is 22.4. The van der Waals surface area contributed by atoms with Gasteiger partial charge in [-0.3, -0.25) is 10.1 Å². The van der Waals surface area contributed by atoms with Crippen molar-refractivity contribution in [2.24, 2.45) is 0 Å². The van der Waals surface area contributed by atoms with Crippen molar-refractivity contribution in [2.75, 3.05) is 5.32 Å². The molecule has 0 aliphatic heterocycles. The molecule has 3 aromatic carbocycles. The van der Waals surface area contributed by atoms with Gasteiger partial charge in [0.15, 0.2) is 0 Å². The average Bonchev–Trinajstić information content (AvgIpc) is 2.65. The van der Waals surface area contributed by atoms with Crippen molar-refractivity contribution < 1.29 is 9.34 Å². The van der Waals surface area contributed by atoms with E-state index < -0.39 is 10.5 Å². The summed E-state index contributed by atoms with van der Waals surface area (Å²) in [6.45, 7) is 0.475. The number of benzene rings is 3. The summed E-state index contributed by atoms with van der Waals surface area (Å²) in [5, 5.41) is 17.0. The smallest absolute Gasteiger partial charge is 0.338 e. The maximum atomic E-state index is 11.8. The SMILES string of the molecule is O=c1cc(NCc2cccc3ccccc23)c2cc([N+](=O)[O-])ccc2o1. The fraction of sp³-hybridized carbons (Fsp3) is 0.0500. The van der Waals surface area contributed by atoms with E-state index in [2.05, 4.69) is 5.32 Å². The summed E-state index contributed by atoms with van der Waals surface area (Å²) in [7, 11) is 0. The van der Waals surface area contributed by atoms with Gasteiger partial charge in [-0.2, -0.15) is 0 Å². The molecule has 128 valence electrons. The van der Waals surface area contributed by atoms with Gasteiger partial charge in [0.05, 0.1) is 10.6 Å². The number of nitro benzene ring substituents is 1. The molecule has 0 bridgehead atoms. The van der Waals surface area contributed by atoms with Gasteiger partial charge < -0.3 is 9.73 Å². The molecule has 0 saturated carbocycles. The first-order valence-electron chi connectivity index (χ1n) is 8.04. The topological polar surface area (TPSA) is 85.4 Å². The van der Waals surface area contributed by atoms with E-state index in [9.17, 15) is 14.9 Å². The molecule has 0 aliphatic rings. The molecular formula is C20H14N2O4. The minimum atomic E-state index is -0.508. The number of nitrogens with one attached hydrogen (secondary N) is 1. The van der Waals surface area contributed by atoms with Crippen molar-refractivity contribution in [1.82, 2.24) is 0 Å². The lowest BCUT2D eigenvalue weighted by atomic mass is 10.0. The quantitative estimate of drug-likeness (QED) is 0.335. The van der Waals surface area contributed by atoms with E-state index in [-0.39, 0.29) is 5.69 Å². The highest BCUT2D eigenvalue weighted by atomic mass is 16.6. The summed E-state index contributed by atoms with van der Waals surface area (Å²) < 4.78 is 5.14. The zero-order valence-corrected chi connectivity index (χ0v) is 13.6. The van der Waals surface area contributed by atoms with E-state index in [1.54, 1.807) is 0 Å². The zero-order chi connectivity index (χ0) is 18.1. The van der Waals surface area contributed by atoms with Crippen LogP contribution in [0.15, 0.2) is 75.9 Å². The summed E-state index contributed by atoms with van der Waals surface area (Å²) in [5.41, 5.74) is 1.32. The van der Waals surface area contributed by atoms with Gasteiger partial charge in [0.2, 0.25) is 0 Å². The summed E-state index contributed by atoms with van der Waals surface area (Å²) in [6.07, 6.45) is 0. The van der Waals surface area contributed by atoms with E-state index in [0.717, 1.165) is 16.3 Å². The Bertz CT molecular complexity index is 1190. The number of nitro groups is 1. The standard InChI is InChI=1S/C20H14N2O4/c23-20-11-18(17-10-15(22(24)25)8-9-19(17)26-20)21-12-14-6-3-5-13-4-1-2-7-16(13)14/h1-11,21H,12H2. The van der Waals surface area contributed by atoms with Crippen LogP contribution in [0.3, 0.4) is 0 Å². The van der Waals surface area contributed by atoms with Crippen molar-refractivity contribution in [1.29, 1.82) is 0 Å². The van der Waals surface area contributed by atoms with Crippen molar-refractivity contribution >= 4 is 33.1 Å². The molecule has 6 heteroatoms. The average molecular weight is 346 g/mol. The third-order valence-corrected chi connectivity index (χ3v) is 4.29. The van der Waals surface area contributed by atoms with Crippen LogP contribution in [0.2, 0.25) is 0 Å². The molecule has 1 aromatic heterocycles. The molecule has 0 atom stereocenters. The number of nitrogens with zero attached hydrogens (tertiary/aromatic N) is 1. The van der Waals surface area contributed by atoms with Crippen molar-refractivity contribution in [2.45, 2.75) is 6.54 Å². The monoisotopic (exact) mass is 346 g/mol. The van der Waals surface area contributed by atoms with Crippen LogP contribution in [0, 0.1) is 10.1 Å². The molecule has 0 spiro atoms. The summed E-state index contributed by atoms with van der Waals surface area (Å²) >= 11 is 0. The second kappa shape index (κ2) is 6.33. The normalized spacial score (nSPS) is 10.9. The van der Waals surface area contributed by atoms with Gasteiger partial charge in [-0.15, -0.1) is 0 Å². The van der Waals surface area contributed by atoms with Gasteiger partial charge in [-0.25, -0.2) is 4.79 Å². The molecule has 0 aliphatic carbocycles. The lowest BCUT2D eigenvalue weighted by Crippen LogP contribution is -2.05. The first kappa shape index (κ1) is 15.8. The van der Waals surface area contributed by atoms with Crippen molar-refractivity contribution in [3.8, 4) is 0 Å². The summed E-state index contributed by atoms with van der Waals surface area (Å²) in [5.74, 6) is 0. The third kappa shape index (κ3) is 2.88. The highest BCUT2D eigenvalue weighted by Gasteiger charge is 2.12. The molecule has 0 amide bonds. The Labute approximate surface area is 147 Å². The molecule has 4 aromatic rings. The highest BCUT2D eigenvalue weighted by molar-refractivity contribution is 5.91. The second-order valence-corrected chi connectivity index (χ2v) is 5.91. The summed E-state index contributed by atoms with van der Waals surface area (Å²) in [6, 6.07) is 19.5. The van der Waals surface area contributed by atoms with Crippen LogP contribution >= 0.6 is 0 Å². The Morgan fingerprint density at radius 1 is 0.962 bits per heavy atom. The maximum absolute atomic E-state index is 11.8. The number of rotatable bonds is 4. The van der Waals surface area contributed by atoms with Gasteiger partial charge >= 0.3 is 5.63 Å². The van der Waals surface area contributed by atoms with Gasteiger partial charge in [-0.1, -0.05) is 42.5 Å². The first-order chi connectivity index (χ1) is 12.6. The zero-order valence-electron chi connectivity index (χ0n) is 13.6. The van der Waals surface area contributed by atoms with E-state index in [1.807, 2.05) is 42.5 Å². The van der Waals surface area contributed by atoms with Crippen molar-refractivity contribution in [3.05, 3.63) is 92.8 Å². The number of hydrogen-bond acceptors (Lipinski definition) is 5. The van der Waals surface area contributed by atoms with Crippen LogP contribution in [0.1, 0.15) is 5.56 Å². The second-order valence-electron chi connectivity index (χ2n) is 5.91. The van der Waals surface area contributed by atoms with Crippen LogP contribution in [0.25, 0.3) is 21.7 Å². The molecule has 0 fully saturated rings. The Kier molecular flexibility index (Phi) is 3.85. The Balaban J connectivity index is 1.75. The molecule has 0 saturated heterocycles. The minimum Gasteiger partial charge on any atom is -0.423 e. The number of anilines is 1. The van der Waals surface area contributed by atoms with Gasteiger partial charge in [-0.05, 0) is 22.4 Å². The first-order valence-corrected chi connectivity index (χ1v) is 8.04. The van der Waals surface area contributed by atoms with E-state index in [1.165, 1.54) is 24.3 Å². The molecule has 0 unspecified atom stereocenters. The highest BCUT2D eigenvalue weighted by Crippen LogP contribution is 2.27. The van der Waals surface area contributed by atoms with Gasteiger partial charge in [0.1, 0.15) is 5.58 Å². The number of hydrogen-bond donors (Lipinski definition) is 1. The molecule has 4 rings (SSSR count). The lowest BCUT2D eigenvalue weighted by molar-refractivity contribution is -0.384. The fourth-order valence-corrected chi connectivity index (χ4v) is 3.05. The van der Waals surface area contributed by atoms with Crippen LogP contribution < -0.4 is 10.9 Å². The van der Waals surface area contributed by atoms with E-state index in [4.69, 9.17) is 4.42 Å². The lowest BCUT2D eigenvalue weighted by Gasteiger charge is -2.11. The van der Waals surface area contributed by atoms with Crippen LogP contribution in [-0.4, -0.2) is 4.92 Å². The third-order valence-electron chi connectivity index (χ3n) is 4.29. The van der Waals surface area contributed by atoms with Gasteiger partial charge in [0.25, 0.3) is 5.69 Å². The Morgan fingerprint density at radius 3 is 2.62 bits per heavy atom. The molecule has 26 heavy (non-hydrogen) atoms. The number of non-ortho nitro benzene ring substituents is 1. The number of fused-ring (bicyclic) bond motifs is 2. The largest absolute Gasteiger partial charge is 0.423 e. The fourth-order valence-electron chi connectivity index (χ4n) is 3.05. The molecule has 0 radical (unpaired) electrons. The Hall–Kier alpha value is -3.67. The van der Waals surface area contributed by atoms with Gasteiger partial charge in [0, 0.05) is 30.1 Å². The van der Waals surface area contributed by atoms with Crippen LogP contribution in [0.5, 0.6) is 0 Å².